The van der Waals surface area contributed by atoms with Gasteiger partial charge in [-0.3, -0.25) is 0 Å². The zero-order valence-corrected chi connectivity index (χ0v) is 10.6. The Morgan fingerprint density at radius 1 is 1.11 bits per heavy atom. The second kappa shape index (κ2) is 4.78. The van der Waals surface area contributed by atoms with Crippen molar-refractivity contribution in [2.24, 2.45) is 0 Å². The van der Waals surface area contributed by atoms with E-state index in [-0.39, 0.29) is 5.56 Å². The maximum atomic E-state index is 13.6. The summed E-state index contributed by atoms with van der Waals surface area (Å²) in [5.74, 6) is -1.00. The number of benzene rings is 1. The van der Waals surface area contributed by atoms with Gasteiger partial charge in [0.15, 0.2) is 0 Å². The van der Waals surface area contributed by atoms with E-state index in [1.165, 1.54) is 42.4 Å². The van der Waals surface area contributed by atoms with Crippen molar-refractivity contribution in [1.82, 2.24) is 5.32 Å². The molecule has 1 aromatic carbocycles. The Labute approximate surface area is 108 Å². The Morgan fingerprint density at radius 3 is 2.50 bits per heavy atom. The third-order valence-corrected chi connectivity index (χ3v) is 4.12. The summed E-state index contributed by atoms with van der Waals surface area (Å²) < 4.78 is 27.2. The molecule has 0 radical (unpaired) electrons. The summed E-state index contributed by atoms with van der Waals surface area (Å²) in [6.07, 6.45) is 2.47. The summed E-state index contributed by atoms with van der Waals surface area (Å²) >= 11 is 1.44. The molecule has 1 fully saturated rings. The van der Waals surface area contributed by atoms with Gasteiger partial charge >= 0.3 is 0 Å². The highest BCUT2D eigenvalue weighted by Gasteiger charge is 2.20. The van der Waals surface area contributed by atoms with Gasteiger partial charge in [0, 0.05) is 22.3 Å². The fraction of sp³-hybridized carbons (Fsp3) is 0.286. The molecular weight excluding hydrogens is 252 g/mol. The van der Waals surface area contributed by atoms with Gasteiger partial charge in [0.05, 0.1) is 5.56 Å². The Balaban J connectivity index is 1.83. The topological polar surface area (TPSA) is 12.0 Å². The highest BCUT2D eigenvalue weighted by Crippen LogP contribution is 2.32. The number of halogens is 2. The smallest absolute Gasteiger partial charge is 0.134 e. The molecule has 0 atom stereocenters. The highest BCUT2D eigenvalue weighted by molar-refractivity contribution is 7.15. The van der Waals surface area contributed by atoms with Crippen LogP contribution in [0.1, 0.15) is 17.7 Å². The van der Waals surface area contributed by atoms with Crippen LogP contribution >= 0.6 is 11.3 Å². The van der Waals surface area contributed by atoms with Crippen LogP contribution in [0.5, 0.6) is 0 Å². The second-order valence-electron chi connectivity index (χ2n) is 4.52. The van der Waals surface area contributed by atoms with Crippen molar-refractivity contribution in [1.29, 1.82) is 0 Å². The zero-order chi connectivity index (χ0) is 12.5. The predicted molar refractivity (Wildman–Crippen MR) is 69.5 cm³/mol. The van der Waals surface area contributed by atoms with Gasteiger partial charge < -0.3 is 5.32 Å². The van der Waals surface area contributed by atoms with E-state index in [9.17, 15) is 8.78 Å². The number of hydrogen-bond acceptors (Lipinski definition) is 2. The molecule has 1 aliphatic carbocycles. The first-order valence-electron chi connectivity index (χ1n) is 6.00. The minimum atomic E-state index is -0.501. The second-order valence-corrected chi connectivity index (χ2v) is 5.69. The largest absolute Gasteiger partial charge is 0.309 e. The third-order valence-electron chi connectivity index (χ3n) is 3.01. The van der Waals surface area contributed by atoms with Gasteiger partial charge in [-0.05, 0) is 37.1 Å². The van der Waals surface area contributed by atoms with Crippen molar-refractivity contribution >= 4 is 11.3 Å². The van der Waals surface area contributed by atoms with Crippen LogP contribution < -0.4 is 5.32 Å². The summed E-state index contributed by atoms with van der Waals surface area (Å²) in [6, 6.07) is 8.33. The maximum absolute atomic E-state index is 13.6. The van der Waals surface area contributed by atoms with Crippen molar-refractivity contribution in [2.45, 2.75) is 25.4 Å². The lowest BCUT2D eigenvalue weighted by Gasteiger charge is -2.01. The van der Waals surface area contributed by atoms with Gasteiger partial charge in [-0.1, -0.05) is 6.07 Å². The zero-order valence-electron chi connectivity index (χ0n) is 9.75. The molecule has 94 valence electrons. The fourth-order valence-corrected chi connectivity index (χ4v) is 2.88. The molecule has 0 unspecified atom stereocenters. The van der Waals surface area contributed by atoms with Gasteiger partial charge in [-0.25, -0.2) is 8.78 Å². The van der Waals surface area contributed by atoms with Gasteiger partial charge in [-0.2, -0.15) is 0 Å². The van der Waals surface area contributed by atoms with Gasteiger partial charge in [0.1, 0.15) is 11.6 Å². The normalized spacial score (nSPS) is 15.0. The molecule has 0 bridgehead atoms. The summed E-state index contributed by atoms with van der Waals surface area (Å²) in [6.45, 7) is 0.783. The van der Waals surface area contributed by atoms with Crippen LogP contribution in [-0.2, 0) is 6.54 Å². The van der Waals surface area contributed by atoms with Crippen molar-refractivity contribution < 1.29 is 8.78 Å². The van der Waals surface area contributed by atoms with Crippen LogP contribution in [0.25, 0.3) is 10.4 Å². The minimum absolute atomic E-state index is 0.0835. The van der Waals surface area contributed by atoms with Crippen molar-refractivity contribution in [3.05, 3.63) is 46.8 Å². The monoisotopic (exact) mass is 265 g/mol. The van der Waals surface area contributed by atoms with E-state index >= 15 is 0 Å². The average Bonchev–Trinajstić information content (AvgIpc) is 3.06. The van der Waals surface area contributed by atoms with E-state index in [1.54, 1.807) is 6.07 Å². The molecule has 0 aliphatic heterocycles. The van der Waals surface area contributed by atoms with Crippen molar-refractivity contribution in [3.63, 3.8) is 0 Å². The number of nitrogens with one attached hydrogen (secondary N) is 1. The van der Waals surface area contributed by atoms with Crippen LogP contribution in [0.15, 0.2) is 30.3 Å². The molecule has 18 heavy (non-hydrogen) atoms. The van der Waals surface area contributed by atoms with E-state index in [4.69, 9.17) is 0 Å². The minimum Gasteiger partial charge on any atom is -0.309 e. The summed E-state index contributed by atoms with van der Waals surface area (Å²) in [7, 11) is 0. The van der Waals surface area contributed by atoms with E-state index in [0.717, 1.165) is 11.4 Å². The van der Waals surface area contributed by atoms with E-state index < -0.39 is 11.6 Å². The first-order chi connectivity index (χ1) is 8.74. The molecule has 2 aromatic rings. The van der Waals surface area contributed by atoms with Gasteiger partial charge in [0.25, 0.3) is 0 Å². The molecule has 1 heterocycles. The molecule has 1 N–H and O–H groups in total. The Hall–Kier alpha value is -1.26. The van der Waals surface area contributed by atoms with Crippen LogP contribution in [0.2, 0.25) is 0 Å². The van der Waals surface area contributed by atoms with E-state index in [1.807, 2.05) is 6.07 Å². The molecule has 0 spiro atoms. The molecule has 0 amide bonds. The van der Waals surface area contributed by atoms with Gasteiger partial charge in [-0.15, -0.1) is 11.3 Å². The lowest BCUT2D eigenvalue weighted by molar-refractivity contribution is 0.590. The summed E-state index contributed by atoms with van der Waals surface area (Å²) in [5.41, 5.74) is 0.0835. The molecule has 4 heteroatoms. The Morgan fingerprint density at radius 2 is 1.83 bits per heavy atom. The number of thiophene rings is 1. The van der Waals surface area contributed by atoms with Crippen LogP contribution in [0.3, 0.4) is 0 Å². The maximum Gasteiger partial charge on any atom is 0.134 e. The summed E-state index contributed by atoms with van der Waals surface area (Å²) in [4.78, 5) is 1.76. The average molecular weight is 265 g/mol. The molecule has 1 aromatic heterocycles. The van der Waals surface area contributed by atoms with Crippen LogP contribution in [-0.4, -0.2) is 6.04 Å². The van der Waals surface area contributed by atoms with Crippen molar-refractivity contribution in [3.8, 4) is 10.4 Å². The first kappa shape index (κ1) is 11.8. The molecule has 1 aliphatic rings. The fourth-order valence-electron chi connectivity index (χ4n) is 1.87. The molecule has 1 saturated carbocycles. The predicted octanol–water partition coefficient (Wildman–Crippen LogP) is 3.95. The number of rotatable bonds is 4. The molecule has 3 rings (SSSR count). The van der Waals surface area contributed by atoms with E-state index in [0.29, 0.717) is 10.9 Å². The lowest BCUT2D eigenvalue weighted by atomic mass is 10.1. The lowest BCUT2D eigenvalue weighted by Crippen LogP contribution is -2.14. The number of hydrogen-bond donors (Lipinski definition) is 1. The quantitative estimate of drug-likeness (QED) is 0.882. The van der Waals surface area contributed by atoms with Crippen LogP contribution in [0, 0.1) is 11.6 Å². The van der Waals surface area contributed by atoms with E-state index in [2.05, 4.69) is 5.32 Å². The van der Waals surface area contributed by atoms with Gasteiger partial charge in [0.2, 0.25) is 0 Å². The van der Waals surface area contributed by atoms with Crippen molar-refractivity contribution in [2.75, 3.05) is 0 Å². The molecular formula is C14H13F2NS. The summed E-state index contributed by atoms with van der Waals surface area (Å²) in [5, 5.41) is 3.39. The highest BCUT2D eigenvalue weighted by atomic mass is 32.1. The Kier molecular flexibility index (Phi) is 3.14. The standard InChI is InChI=1S/C14H13F2NS/c15-11-2-1-3-12(16)14(11)13-7-6-10(18-13)8-17-9-4-5-9/h1-3,6-7,9,17H,4-5,8H2. The SMILES string of the molecule is Fc1cccc(F)c1-c1ccc(CNC2CC2)s1. The third kappa shape index (κ3) is 2.44. The molecule has 0 saturated heterocycles. The Bertz CT molecular complexity index is 540. The first-order valence-corrected chi connectivity index (χ1v) is 6.82. The van der Waals surface area contributed by atoms with Crippen LogP contribution in [0.4, 0.5) is 8.78 Å². The molecule has 1 nitrogen and oxygen atoms in total.